The van der Waals surface area contributed by atoms with Crippen molar-refractivity contribution in [3.63, 3.8) is 0 Å². The number of carbonyl (C=O) groups is 2. The maximum Gasteiger partial charge on any atom is 0.260 e. The van der Waals surface area contributed by atoms with Crippen molar-refractivity contribution in [3.8, 4) is 11.6 Å². The second-order valence-corrected chi connectivity index (χ2v) is 9.38. The fraction of sp³-hybridized carbons (Fsp3) is 0.333. The van der Waals surface area contributed by atoms with Gasteiger partial charge in [-0.15, -0.1) is 21.8 Å². The fourth-order valence-corrected chi connectivity index (χ4v) is 4.20. The van der Waals surface area contributed by atoms with E-state index < -0.39 is 29.6 Å². The summed E-state index contributed by atoms with van der Waals surface area (Å²) in [7, 11) is 0. The predicted molar refractivity (Wildman–Crippen MR) is 141 cm³/mol. The average molecular weight is 573 g/mol. The topological polar surface area (TPSA) is 204 Å². The summed E-state index contributed by atoms with van der Waals surface area (Å²) in [4.78, 5) is 27.8. The Hall–Kier alpha value is -4.31. The molecular formula is C24H25ClN8O7. The lowest BCUT2D eigenvalue weighted by atomic mass is 9.95. The number of aromatic nitrogens is 5. The number of alkyl halides is 1. The minimum Gasteiger partial charge on any atom is -0.470 e. The van der Waals surface area contributed by atoms with Crippen LogP contribution >= 0.6 is 11.6 Å². The molecule has 1 fully saturated rings. The molecule has 1 aliphatic rings. The molecule has 1 unspecified atom stereocenters. The molecule has 0 bridgehead atoms. The summed E-state index contributed by atoms with van der Waals surface area (Å²) < 4.78 is 17.6. The predicted octanol–water partition coefficient (Wildman–Crippen LogP) is 0.486. The van der Waals surface area contributed by atoms with E-state index in [1.807, 2.05) is 0 Å². The van der Waals surface area contributed by atoms with Gasteiger partial charge in [-0.25, -0.2) is 4.68 Å². The fourth-order valence-electron chi connectivity index (χ4n) is 4.04. The number of hydrogen-bond donors (Lipinski definition) is 4. The zero-order chi connectivity index (χ0) is 28.4. The normalized spacial score (nSPS) is 17.9. The molecule has 1 aliphatic heterocycles. The number of morpholine rings is 1. The lowest BCUT2D eigenvalue weighted by Crippen LogP contribution is -2.61. The first-order valence-corrected chi connectivity index (χ1v) is 12.6. The molecule has 0 saturated carbocycles. The molecule has 5 N–H and O–H groups in total. The summed E-state index contributed by atoms with van der Waals surface area (Å²) in [6, 6.07) is 7.81. The number of amides is 2. The number of halogens is 1. The lowest BCUT2D eigenvalue weighted by molar-refractivity contribution is -0.165. The molecule has 40 heavy (non-hydrogen) atoms. The van der Waals surface area contributed by atoms with E-state index in [1.165, 1.54) is 28.8 Å². The Morgan fingerprint density at radius 3 is 2.98 bits per heavy atom. The first-order chi connectivity index (χ1) is 19.2. The van der Waals surface area contributed by atoms with Crippen LogP contribution in [-0.4, -0.2) is 90.6 Å². The summed E-state index contributed by atoms with van der Waals surface area (Å²) in [5, 5.41) is 39.4. The van der Waals surface area contributed by atoms with Crippen molar-refractivity contribution in [1.82, 2.24) is 25.1 Å². The Morgan fingerprint density at radius 2 is 2.20 bits per heavy atom. The molecule has 2 amide bonds. The van der Waals surface area contributed by atoms with Crippen molar-refractivity contribution in [1.29, 1.82) is 0 Å². The largest absolute Gasteiger partial charge is 0.470 e. The highest BCUT2D eigenvalue weighted by Crippen LogP contribution is 2.27. The van der Waals surface area contributed by atoms with Crippen molar-refractivity contribution >= 4 is 51.7 Å². The number of anilines is 3. The number of nitrogens with two attached hydrogens (primary N) is 1. The van der Waals surface area contributed by atoms with Gasteiger partial charge in [0.1, 0.15) is 6.10 Å². The number of nitrogens with zero attached hydrogens (tertiary/aromatic N) is 6. The number of ether oxygens (including phenoxy) is 2. The maximum absolute atomic E-state index is 13.4. The number of aliphatic hydroxyl groups is 2. The second kappa shape index (κ2) is 11.1. The van der Waals surface area contributed by atoms with Crippen LogP contribution in [0.15, 0.2) is 47.2 Å². The van der Waals surface area contributed by atoms with Crippen molar-refractivity contribution in [2.45, 2.75) is 24.7 Å². The van der Waals surface area contributed by atoms with Gasteiger partial charge in [0, 0.05) is 30.1 Å². The number of aliphatic hydroxyl groups excluding tert-OH is 1. The SMILES string of the molecule is C[C@@](O)(C(=O)Nc1ccc2c(N)noc2c1)[C@H]1OCCN(c2ccn(-c3cnnc(OC(CO)CCl)c3)n2)C1=O. The van der Waals surface area contributed by atoms with Crippen molar-refractivity contribution in [2.75, 3.05) is 41.6 Å². The van der Waals surface area contributed by atoms with Crippen LogP contribution in [0, 0.1) is 0 Å². The molecule has 210 valence electrons. The van der Waals surface area contributed by atoms with Gasteiger partial charge in [0.15, 0.2) is 28.9 Å². The Bertz CT molecular complexity index is 1540. The molecule has 0 radical (unpaired) electrons. The van der Waals surface area contributed by atoms with Crippen LogP contribution in [0.25, 0.3) is 16.7 Å². The van der Waals surface area contributed by atoms with E-state index in [4.69, 9.17) is 31.3 Å². The van der Waals surface area contributed by atoms with Gasteiger partial charge >= 0.3 is 0 Å². The molecule has 1 aromatic carbocycles. The van der Waals surface area contributed by atoms with E-state index in [9.17, 15) is 19.8 Å². The summed E-state index contributed by atoms with van der Waals surface area (Å²) >= 11 is 5.75. The molecule has 3 aromatic heterocycles. The number of benzene rings is 1. The zero-order valence-electron chi connectivity index (χ0n) is 21.1. The molecule has 0 aliphatic carbocycles. The summed E-state index contributed by atoms with van der Waals surface area (Å²) in [6.07, 6.45) is 0.860. The van der Waals surface area contributed by atoms with E-state index in [0.29, 0.717) is 22.3 Å². The van der Waals surface area contributed by atoms with Crippen LogP contribution in [0.1, 0.15) is 6.92 Å². The smallest absolute Gasteiger partial charge is 0.260 e. The molecular weight excluding hydrogens is 548 g/mol. The number of fused-ring (bicyclic) bond motifs is 1. The van der Waals surface area contributed by atoms with Crippen molar-refractivity contribution < 1.29 is 33.8 Å². The third kappa shape index (κ3) is 5.27. The second-order valence-electron chi connectivity index (χ2n) is 9.07. The van der Waals surface area contributed by atoms with Crippen LogP contribution < -0.4 is 20.7 Å². The van der Waals surface area contributed by atoms with Gasteiger partial charge in [-0.3, -0.25) is 14.5 Å². The monoisotopic (exact) mass is 572 g/mol. The molecule has 3 atom stereocenters. The first-order valence-electron chi connectivity index (χ1n) is 12.0. The highest BCUT2D eigenvalue weighted by Gasteiger charge is 2.49. The molecule has 5 rings (SSSR count). The van der Waals surface area contributed by atoms with Crippen LogP contribution in [0.2, 0.25) is 0 Å². The molecule has 15 nitrogen and oxygen atoms in total. The van der Waals surface area contributed by atoms with Crippen LogP contribution in [0.4, 0.5) is 17.3 Å². The molecule has 0 spiro atoms. The molecule has 4 aromatic rings. The third-order valence-corrected chi connectivity index (χ3v) is 6.56. The number of nitrogens with one attached hydrogen (secondary N) is 1. The molecule has 4 heterocycles. The minimum absolute atomic E-state index is 0.0474. The first kappa shape index (κ1) is 27.3. The van der Waals surface area contributed by atoms with Gasteiger partial charge in [-0.2, -0.15) is 5.10 Å². The quantitative estimate of drug-likeness (QED) is 0.202. The Labute approximate surface area is 231 Å². The number of carbonyl (C=O) groups excluding carboxylic acids is 2. The zero-order valence-corrected chi connectivity index (χ0v) is 21.9. The van der Waals surface area contributed by atoms with Gasteiger partial charge in [-0.05, 0) is 19.1 Å². The van der Waals surface area contributed by atoms with Crippen molar-refractivity contribution in [2.24, 2.45) is 0 Å². The van der Waals surface area contributed by atoms with Gasteiger partial charge in [-0.1, -0.05) is 5.16 Å². The number of nitrogen functional groups attached to an aromatic ring is 1. The van der Waals surface area contributed by atoms with E-state index in [-0.39, 0.29) is 43.2 Å². The summed E-state index contributed by atoms with van der Waals surface area (Å²) in [5.41, 5.74) is 4.60. The van der Waals surface area contributed by atoms with Gasteiger partial charge < -0.3 is 35.3 Å². The highest BCUT2D eigenvalue weighted by atomic mass is 35.5. The minimum atomic E-state index is -2.24. The summed E-state index contributed by atoms with van der Waals surface area (Å²) in [5.74, 6) is -0.860. The molecule has 16 heteroatoms. The number of hydrogen-bond acceptors (Lipinski definition) is 12. The van der Waals surface area contributed by atoms with Crippen LogP contribution in [0.5, 0.6) is 5.88 Å². The van der Waals surface area contributed by atoms with Crippen LogP contribution in [0.3, 0.4) is 0 Å². The van der Waals surface area contributed by atoms with Gasteiger partial charge in [0.25, 0.3) is 11.8 Å². The molecule has 1 saturated heterocycles. The van der Waals surface area contributed by atoms with Gasteiger partial charge in [0.05, 0.1) is 42.9 Å². The highest BCUT2D eigenvalue weighted by molar-refractivity contribution is 6.18. The van der Waals surface area contributed by atoms with Crippen LogP contribution in [-0.2, 0) is 14.3 Å². The lowest BCUT2D eigenvalue weighted by Gasteiger charge is -2.37. The standard InChI is InChI=1S/C24H25ClN8O7/c1-24(37,23(36)28-13-2-3-16-17(8-13)40-31-21(16)26)20-22(35)32(6-7-38-20)18-4-5-33(30-18)14-9-19(29-27-11-14)39-15(10-25)12-34/h2-5,8-9,11,15,20,34,37H,6-7,10,12H2,1H3,(H2,26,31)(H,28,36)/t15?,20-,24-/m0/s1. The average Bonchev–Trinajstić information content (AvgIpc) is 3.59. The third-order valence-electron chi connectivity index (χ3n) is 6.21. The van der Waals surface area contributed by atoms with E-state index in [0.717, 1.165) is 0 Å². The van der Waals surface area contributed by atoms with Gasteiger partial charge in [0.2, 0.25) is 5.88 Å². The van der Waals surface area contributed by atoms with E-state index in [2.05, 4.69) is 25.8 Å². The Balaban J connectivity index is 1.31. The summed E-state index contributed by atoms with van der Waals surface area (Å²) in [6.45, 7) is 1.09. The van der Waals surface area contributed by atoms with Crippen molar-refractivity contribution in [3.05, 3.63) is 42.7 Å². The Morgan fingerprint density at radius 1 is 1.38 bits per heavy atom. The maximum atomic E-state index is 13.4. The van der Waals surface area contributed by atoms with E-state index >= 15 is 0 Å². The Kier molecular flexibility index (Phi) is 7.53. The van der Waals surface area contributed by atoms with E-state index in [1.54, 1.807) is 30.5 Å². The number of rotatable bonds is 9.